The monoisotopic (exact) mass is 253 g/mol. The van der Waals surface area contributed by atoms with Gasteiger partial charge in [0.1, 0.15) is 0 Å². The van der Waals surface area contributed by atoms with Gasteiger partial charge < -0.3 is 5.73 Å². The summed E-state index contributed by atoms with van der Waals surface area (Å²) in [6, 6.07) is 6.35. The zero-order chi connectivity index (χ0) is 10.6. The zero-order valence-corrected chi connectivity index (χ0v) is 10.0. The summed E-state index contributed by atoms with van der Waals surface area (Å²) < 4.78 is 1.09. The number of hydrogen-bond donors (Lipinski definition) is 1. The Bertz CT molecular complexity index is 320. The van der Waals surface area contributed by atoms with Crippen LogP contribution in [0.15, 0.2) is 35.3 Å². The fourth-order valence-electron chi connectivity index (χ4n) is 1.46. The van der Waals surface area contributed by atoms with E-state index in [1.54, 1.807) is 0 Å². The highest BCUT2D eigenvalue weighted by atomic mass is 79.9. The lowest BCUT2D eigenvalue weighted by Gasteiger charge is -2.14. The van der Waals surface area contributed by atoms with Gasteiger partial charge in [0, 0.05) is 10.5 Å². The lowest BCUT2D eigenvalue weighted by molar-refractivity contribution is 0.657. The second-order valence-electron chi connectivity index (χ2n) is 3.47. The maximum Gasteiger partial charge on any atom is 0.0300 e. The van der Waals surface area contributed by atoms with E-state index in [2.05, 4.69) is 41.6 Å². The van der Waals surface area contributed by atoms with Gasteiger partial charge in [0.2, 0.25) is 0 Å². The molecule has 1 unspecified atom stereocenters. The summed E-state index contributed by atoms with van der Waals surface area (Å²) in [4.78, 5) is 0. The molecule has 2 N–H and O–H groups in total. The molecule has 1 rings (SSSR count). The third-order valence-corrected chi connectivity index (χ3v) is 2.82. The molecule has 0 radical (unpaired) electrons. The van der Waals surface area contributed by atoms with Gasteiger partial charge in [0.05, 0.1) is 0 Å². The molecule has 2 heteroatoms. The first kappa shape index (κ1) is 11.5. The Morgan fingerprint density at radius 1 is 1.57 bits per heavy atom. The van der Waals surface area contributed by atoms with Crippen LogP contribution in [0.4, 0.5) is 0 Å². The van der Waals surface area contributed by atoms with E-state index in [1.807, 2.05) is 12.1 Å². The predicted octanol–water partition coefficient (Wildman–Crippen LogP) is 3.72. The zero-order valence-electron chi connectivity index (χ0n) is 8.46. The molecular formula is C12H16BrN. The number of nitrogens with two attached hydrogens (primary N) is 1. The Kier molecular flexibility index (Phi) is 4.36. The molecule has 76 valence electrons. The van der Waals surface area contributed by atoms with Crippen LogP contribution in [-0.4, -0.2) is 0 Å². The van der Waals surface area contributed by atoms with Crippen LogP contribution in [0.1, 0.15) is 30.0 Å². The van der Waals surface area contributed by atoms with Crippen LogP contribution in [0.3, 0.4) is 0 Å². The van der Waals surface area contributed by atoms with Crippen molar-refractivity contribution in [1.82, 2.24) is 0 Å². The molecular weight excluding hydrogens is 238 g/mol. The van der Waals surface area contributed by atoms with Crippen LogP contribution in [0, 0.1) is 6.92 Å². The number of aryl methyl sites for hydroxylation is 1. The second-order valence-corrected chi connectivity index (χ2v) is 4.39. The van der Waals surface area contributed by atoms with Crippen LogP contribution >= 0.6 is 15.9 Å². The standard InChI is InChI=1S/C12H16BrN/c1-3-4-5-12(14)11-8-10(13)7-6-9(11)2/h3,6-8,12H,1,4-5,14H2,2H3. The molecule has 0 aliphatic carbocycles. The topological polar surface area (TPSA) is 26.0 Å². The highest BCUT2D eigenvalue weighted by molar-refractivity contribution is 9.10. The molecule has 0 heterocycles. The fourth-order valence-corrected chi connectivity index (χ4v) is 1.84. The lowest BCUT2D eigenvalue weighted by atomic mass is 9.98. The molecule has 0 spiro atoms. The van der Waals surface area contributed by atoms with Crippen molar-refractivity contribution in [3.8, 4) is 0 Å². The van der Waals surface area contributed by atoms with Crippen molar-refractivity contribution in [1.29, 1.82) is 0 Å². The largest absolute Gasteiger partial charge is 0.324 e. The molecule has 1 aromatic carbocycles. The number of rotatable bonds is 4. The Morgan fingerprint density at radius 2 is 2.29 bits per heavy atom. The fraction of sp³-hybridized carbons (Fsp3) is 0.333. The van der Waals surface area contributed by atoms with Crippen LogP contribution in [-0.2, 0) is 0 Å². The van der Waals surface area contributed by atoms with Crippen LogP contribution in [0.25, 0.3) is 0 Å². The SMILES string of the molecule is C=CCCC(N)c1cc(Br)ccc1C. The summed E-state index contributed by atoms with van der Waals surface area (Å²) in [6.07, 6.45) is 3.83. The number of benzene rings is 1. The molecule has 0 aromatic heterocycles. The van der Waals surface area contributed by atoms with E-state index >= 15 is 0 Å². The van der Waals surface area contributed by atoms with E-state index in [0.29, 0.717) is 0 Å². The summed E-state index contributed by atoms with van der Waals surface area (Å²) in [5.41, 5.74) is 8.56. The van der Waals surface area contributed by atoms with E-state index in [4.69, 9.17) is 5.73 Å². The van der Waals surface area contributed by atoms with Crippen molar-refractivity contribution in [2.45, 2.75) is 25.8 Å². The Labute approximate surface area is 94.1 Å². The highest BCUT2D eigenvalue weighted by Crippen LogP contribution is 2.23. The minimum absolute atomic E-state index is 0.116. The van der Waals surface area contributed by atoms with Crippen molar-refractivity contribution in [2.24, 2.45) is 5.73 Å². The van der Waals surface area contributed by atoms with E-state index in [1.165, 1.54) is 11.1 Å². The molecule has 14 heavy (non-hydrogen) atoms. The first-order valence-electron chi connectivity index (χ1n) is 4.77. The van der Waals surface area contributed by atoms with Crippen LogP contribution < -0.4 is 5.73 Å². The Morgan fingerprint density at radius 3 is 2.93 bits per heavy atom. The van der Waals surface area contributed by atoms with E-state index < -0.39 is 0 Å². The van der Waals surface area contributed by atoms with Gasteiger partial charge in [-0.25, -0.2) is 0 Å². The lowest BCUT2D eigenvalue weighted by Crippen LogP contribution is -2.11. The molecule has 0 saturated heterocycles. The van der Waals surface area contributed by atoms with Crippen molar-refractivity contribution in [3.05, 3.63) is 46.5 Å². The maximum absolute atomic E-state index is 6.08. The van der Waals surface area contributed by atoms with Gasteiger partial charge in [-0.15, -0.1) is 6.58 Å². The molecule has 0 fully saturated rings. The predicted molar refractivity (Wildman–Crippen MR) is 65.2 cm³/mol. The van der Waals surface area contributed by atoms with Gasteiger partial charge in [0.15, 0.2) is 0 Å². The summed E-state index contributed by atoms with van der Waals surface area (Å²) in [5.74, 6) is 0. The second kappa shape index (κ2) is 5.32. The van der Waals surface area contributed by atoms with Crippen molar-refractivity contribution in [2.75, 3.05) is 0 Å². The molecule has 1 nitrogen and oxygen atoms in total. The Balaban J connectivity index is 2.82. The van der Waals surface area contributed by atoms with Crippen molar-refractivity contribution in [3.63, 3.8) is 0 Å². The van der Waals surface area contributed by atoms with Gasteiger partial charge in [-0.2, -0.15) is 0 Å². The van der Waals surface area contributed by atoms with E-state index in [-0.39, 0.29) is 6.04 Å². The van der Waals surface area contributed by atoms with Crippen molar-refractivity contribution < 1.29 is 0 Å². The molecule has 1 aromatic rings. The Hall–Kier alpha value is -0.600. The van der Waals surface area contributed by atoms with E-state index in [9.17, 15) is 0 Å². The van der Waals surface area contributed by atoms with Gasteiger partial charge in [0.25, 0.3) is 0 Å². The molecule has 0 amide bonds. The number of halogens is 1. The highest BCUT2D eigenvalue weighted by Gasteiger charge is 2.08. The van der Waals surface area contributed by atoms with Crippen molar-refractivity contribution >= 4 is 15.9 Å². The summed E-state index contributed by atoms with van der Waals surface area (Å²) in [5, 5.41) is 0. The van der Waals surface area contributed by atoms with Crippen LogP contribution in [0.2, 0.25) is 0 Å². The van der Waals surface area contributed by atoms with Gasteiger partial charge in [-0.1, -0.05) is 28.1 Å². The molecule has 0 aliphatic heterocycles. The average Bonchev–Trinajstić information content (AvgIpc) is 2.18. The third kappa shape index (κ3) is 2.96. The summed E-state index contributed by atoms with van der Waals surface area (Å²) >= 11 is 3.46. The summed E-state index contributed by atoms with van der Waals surface area (Å²) in [7, 11) is 0. The molecule has 1 atom stereocenters. The average molecular weight is 254 g/mol. The minimum atomic E-state index is 0.116. The van der Waals surface area contributed by atoms with Gasteiger partial charge in [-0.05, 0) is 43.0 Å². The number of hydrogen-bond acceptors (Lipinski definition) is 1. The first-order chi connectivity index (χ1) is 6.65. The summed E-state index contributed by atoms with van der Waals surface area (Å²) in [6.45, 7) is 5.79. The maximum atomic E-state index is 6.08. The quantitative estimate of drug-likeness (QED) is 0.814. The molecule has 0 saturated carbocycles. The smallest absolute Gasteiger partial charge is 0.0300 e. The van der Waals surface area contributed by atoms with Gasteiger partial charge in [-0.3, -0.25) is 0 Å². The molecule has 0 aliphatic rings. The third-order valence-electron chi connectivity index (χ3n) is 2.32. The number of allylic oxidation sites excluding steroid dienone is 1. The minimum Gasteiger partial charge on any atom is -0.324 e. The molecule has 0 bridgehead atoms. The van der Waals surface area contributed by atoms with Gasteiger partial charge >= 0.3 is 0 Å². The van der Waals surface area contributed by atoms with Crippen LogP contribution in [0.5, 0.6) is 0 Å². The normalized spacial score (nSPS) is 12.5. The van der Waals surface area contributed by atoms with E-state index in [0.717, 1.165) is 17.3 Å². The first-order valence-corrected chi connectivity index (χ1v) is 5.57.